The van der Waals surface area contributed by atoms with E-state index in [1.165, 1.54) is 31.4 Å². The summed E-state index contributed by atoms with van der Waals surface area (Å²) in [6, 6.07) is 4.05. The van der Waals surface area contributed by atoms with Gasteiger partial charge in [0.15, 0.2) is 0 Å². The van der Waals surface area contributed by atoms with Gasteiger partial charge in [-0.3, -0.25) is 9.67 Å². The van der Waals surface area contributed by atoms with Gasteiger partial charge < -0.3 is 5.73 Å². The molecule has 0 amide bonds. The van der Waals surface area contributed by atoms with E-state index in [1.807, 2.05) is 36.3 Å². The van der Waals surface area contributed by atoms with Crippen molar-refractivity contribution in [3.8, 4) is 11.1 Å². The second kappa shape index (κ2) is 4.86. The highest BCUT2D eigenvalue weighted by Gasteiger charge is 2.40. The molecule has 21 heavy (non-hydrogen) atoms. The monoisotopic (exact) mass is 282 g/mol. The Morgan fingerprint density at radius 3 is 2.71 bits per heavy atom. The molecule has 0 spiro atoms. The number of nitrogen functional groups attached to an aromatic ring is 1. The Bertz CT molecular complexity index is 646. The first kappa shape index (κ1) is 12.9. The van der Waals surface area contributed by atoms with Crippen LogP contribution < -0.4 is 5.73 Å². The minimum atomic E-state index is 0.763. The van der Waals surface area contributed by atoms with Crippen molar-refractivity contribution >= 4 is 5.82 Å². The van der Waals surface area contributed by atoms with Gasteiger partial charge in [0.1, 0.15) is 5.82 Å². The molecule has 4 heteroatoms. The minimum Gasteiger partial charge on any atom is -0.383 e. The van der Waals surface area contributed by atoms with Crippen molar-refractivity contribution in [2.75, 3.05) is 5.73 Å². The number of nitrogens with zero attached hydrogens (tertiary/aromatic N) is 3. The van der Waals surface area contributed by atoms with Gasteiger partial charge in [-0.05, 0) is 61.1 Å². The average Bonchev–Trinajstić information content (AvgIpc) is 3.17. The third-order valence-corrected chi connectivity index (χ3v) is 5.47. The van der Waals surface area contributed by atoms with Crippen molar-refractivity contribution in [1.29, 1.82) is 0 Å². The molecule has 0 saturated heterocycles. The molecule has 2 aromatic heterocycles. The van der Waals surface area contributed by atoms with E-state index in [0.29, 0.717) is 0 Å². The third-order valence-electron chi connectivity index (χ3n) is 5.47. The number of pyridine rings is 1. The summed E-state index contributed by atoms with van der Waals surface area (Å²) in [6.45, 7) is 0. The third kappa shape index (κ3) is 2.13. The van der Waals surface area contributed by atoms with Crippen LogP contribution in [0.2, 0.25) is 0 Å². The summed E-state index contributed by atoms with van der Waals surface area (Å²) in [6.07, 6.45) is 10.4. The maximum atomic E-state index is 6.27. The van der Waals surface area contributed by atoms with E-state index >= 15 is 0 Å². The summed E-state index contributed by atoms with van der Waals surface area (Å²) in [5.74, 6) is 3.46. The largest absolute Gasteiger partial charge is 0.383 e. The molecule has 110 valence electrons. The second-order valence-electron chi connectivity index (χ2n) is 6.71. The first-order chi connectivity index (χ1) is 10.2. The van der Waals surface area contributed by atoms with E-state index in [-0.39, 0.29) is 0 Å². The molecule has 4 rings (SSSR count). The van der Waals surface area contributed by atoms with Crippen molar-refractivity contribution in [2.24, 2.45) is 24.8 Å². The zero-order valence-corrected chi connectivity index (χ0v) is 12.5. The smallest absolute Gasteiger partial charge is 0.129 e. The van der Waals surface area contributed by atoms with Crippen molar-refractivity contribution in [3.63, 3.8) is 0 Å². The lowest BCUT2D eigenvalue weighted by molar-refractivity contribution is 0.329. The van der Waals surface area contributed by atoms with Gasteiger partial charge in [0, 0.05) is 25.0 Å². The molecular weight excluding hydrogens is 260 g/mol. The number of hydrogen-bond acceptors (Lipinski definition) is 3. The van der Waals surface area contributed by atoms with Crippen LogP contribution >= 0.6 is 0 Å². The molecule has 2 aliphatic carbocycles. The number of fused-ring (bicyclic) bond motifs is 2. The molecule has 0 radical (unpaired) electrons. The molecule has 2 aliphatic rings. The molecule has 2 N–H and O–H groups in total. The maximum absolute atomic E-state index is 6.27. The first-order valence-corrected chi connectivity index (χ1v) is 7.94. The summed E-state index contributed by atoms with van der Waals surface area (Å²) >= 11 is 0. The van der Waals surface area contributed by atoms with E-state index in [9.17, 15) is 0 Å². The van der Waals surface area contributed by atoms with Gasteiger partial charge in [0.2, 0.25) is 0 Å². The molecule has 2 saturated carbocycles. The Hall–Kier alpha value is -1.84. The van der Waals surface area contributed by atoms with E-state index in [1.54, 1.807) is 0 Å². The van der Waals surface area contributed by atoms with E-state index in [2.05, 4.69) is 4.98 Å². The van der Waals surface area contributed by atoms with Crippen LogP contribution in [0, 0.1) is 17.8 Å². The molecule has 2 bridgehead atoms. The molecule has 3 atom stereocenters. The van der Waals surface area contributed by atoms with Gasteiger partial charge in [0.05, 0.1) is 5.69 Å². The summed E-state index contributed by atoms with van der Waals surface area (Å²) in [7, 11) is 1.93. The maximum Gasteiger partial charge on any atom is 0.129 e. The molecule has 0 aromatic carbocycles. The Labute approximate surface area is 125 Å². The van der Waals surface area contributed by atoms with Crippen molar-refractivity contribution < 1.29 is 0 Å². The zero-order chi connectivity index (χ0) is 14.4. The van der Waals surface area contributed by atoms with Crippen LogP contribution in [-0.4, -0.2) is 14.8 Å². The fourth-order valence-electron chi connectivity index (χ4n) is 4.45. The van der Waals surface area contributed by atoms with Crippen LogP contribution in [0.15, 0.2) is 24.5 Å². The SMILES string of the molecule is Cn1nc(CC2CC3CCC2C3)c(-c2ccncc2)c1N. The molecule has 2 aromatic rings. The van der Waals surface area contributed by atoms with Crippen molar-refractivity contribution in [2.45, 2.75) is 32.1 Å². The average molecular weight is 282 g/mol. The highest BCUT2D eigenvalue weighted by Crippen LogP contribution is 2.50. The van der Waals surface area contributed by atoms with Crippen LogP contribution in [0.5, 0.6) is 0 Å². The number of nitrogens with two attached hydrogens (primary N) is 1. The van der Waals surface area contributed by atoms with Gasteiger partial charge in [0.25, 0.3) is 0 Å². The van der Waals surface area contributed by atoms with Crippen LogP contribution in [0.3, 0.4) is 0 Å². The predicted octanol–water partition coefficient (Wildman–Crippen LogP) is 3.04. The number of hydrogen-bond donors (Lipinski definition) is 1. The Balaban J connectivity index is 1.68. The number of anilines is 1. The van der Waals surface area contributed by atoms with Crippen molar-refractivity contribution in [3.05, 3.63) is 30.2 Å². The Morgan fingerprint density at radius 2 is 2.05 bits per heavy atom. The van der Waals surface area contributed by atoms with Crippen LogP contribution in [0.1, 0.15) is 31.4 Å². The minimum absolute atomic E-state index is 0.763. The summed E-state index contributed by atoms with van der Waals surface area (Å²) < 4.78 is 1.82. The summed E-state index contributed by atoms with van der Waals surface area (Å²) in [5.41, 5.74) is 9.68. The second-order valence-corrected chi connectivity index (χ2v) is 6.71. The molecular formula is C17H22N4. The summed E-state index contributed by atoms with van der Waals surface area (Å²) in [5, 5.41) is 4.70. The van der Waals surface area contributed by atoms with E-state index < -0.39 is 0 Å². The van der Waals surface area contributed by atoms with E-state index in [0.717, 1.165) is 41.1 Å². The van der Waals surface area contributed by atoms with Gasteiger partial charge >= 0.3 is 0 Å². The number of rotatable bonds is 3. The molecule has 2 fully saturated rings. The quantitative estimate of drug-likeness (QED) is 0.941. The van der Waals surface area contributed by atoms with Gasteiger partial charge in [-0.2, -0.15) is 5.10 Å². The van der Waals surface area contributed by atoms with Crippen LogP contribution in [0.4, 0.5) is 5.82 Å². The fourth-order valence-corrected chi connectivity index (χ4v) is 4.45. The number of aryl methyl sites for hydroxylation is 1. The van der Waals surface area contributed by atoms with Crippen LogP contribution in [0.25, 0.3) is 11.1 Å². The predicted molar refractivity (Wildman–Crippen MR) is 83.5 cm³/mol. The highest BCUT2D eigenvalue weighted by atomic mass is 15.3. The molecule has 0 aliphatic heterocycles. The van der Waals surface area contributed by atoms with Gasteiger partial charge in [-0.25, -0.2) is 0 Å². The fraction of sp³-hybridized carbons (Fsp3) is 0.529. The van der Waals surface area contributed by atoms with Crippen molar-refractivity contribution in [1.82, 2.24) is 14.8 Å². The lowest BCUT2D eigenvalue weighted by Gasteiger charge is -2.21. The zero-order valence-electron chi connectivity index (χ0n) is 12.5. The van der Waals surface area contributed by atoms with Gasteiger partial charge in [-0.15, -0.1) is 0 Å². The van der Waals surface area contributed by atoms with E-state index in [4.69, 9.17) is 10.8 Å². The van der Waals surface area contributed by atoms with Crippen LogP contribution in [-0.2, 0) is 13.5 Å². The topological polar surface area (TPSA) is 56.7 Å². The number of aromatic nitrogens is 3. The lowest BCUT2D eigenvalue weighted by atomic mass is 9.84. The highest BCUT2D eigenvalue weighted by molar-refractivity contribution is 5.76. The first-order valence-electron chi connectivity index (χ1n) is 7.94. The Morgan fingerprint density at radius 1 is 1.24 bits per heavy atom. The van der Waals surface area contributed by atoms with Gasteiger partial charge in [-0.1, -0.05) is 6.42 Å². The molecule has 2 heterocycles. The molecule has 4 nitrogen and oxygen atoms in total. The normalized spacial score (nSPS) is 27.4. The summed E-state index contributed by atoms with van der Waals surface area (Å²) in [4.78, 5) is 4.10. The lowest BCUT2D eigenvalue weighted by Crippen LogP contribution is -2.14. The Kier molecular flexibility index (Phi) is 2.98. The standard InChI is InChI=1S/C17H22N4/c1-21-17(18)16(12-4-6-19-7-5-12)15(20-21)10-14-9-11-2-3-13(14)8-11/h4-7,11,13-14H,2-3,8-10,18H2,1H3. The molecule has 3 unspecified atom stereocenters.